The summed E-state index contributed by atoms with van der Waals surface area (Å²) in [5.74, 6) is 0.199. The molecule has 0 spiro atoms. The number of anilines is 1. The maximum Gasteiger partial charge on any atom is 0.309 e. The Hall–Kier alpha value is -3.32. The van der Waals surface area contributed by atoms with Crippen LogP contribution in [0, 0.1) is 0 Å². The monoisotopic (exact) mass is 413 g/mol. The maximum atomic E-state index is 12.1. The fraction of sp³-hybridized carbons (Fsp3) is 0.190. The number of rotatable bonds is 8. The van der Waals surface area contributed by atoms with Crippen molar-refractivity contribution in [2.75, 3.05) is 18.5 Å². The Morgan fingerprint density at radius 3 is 2.55 bits per heavy atom. The second-order valence-corrected chi connectivity index (χ2v) is 6.60. The van der Waals surface area contributed by atoms with Gasteiger partial charge in [-0.3, -0.25) is 14.3 Å². The number of ether oxygens (including phenoxy) is 2. The predicted octanol–water partition coefficient (Wildman–Crippen LogP) is 3.69. The van der Waals surface area contributed by atoms with Gasteiger partial charge < -0.3 is 14.8 Å². The minimum absolute atomic E-state index is 0.0502. The summed E-state index contributed by atoms with van der Waals surface area (Å²) >= 11 is 5.90. The molecule has 0 aliphatic carbocycles. The lowest BCUT2D eigenvalue weighted by molar-refractivity contribution is -0.147. The molecule has 0 atom stereocenters. The average Bonchev–Trinajstić information content (AvgIpc) is 3.08. The van der Waals surface area contributed by atoms with E-state index >= 15 is 0 Å². The van der Waals surface area contributed by atoms with Crippen molar-refractivity contribution in [3.05, 3.63) is 65.7 Å². The zero-order valence-corrected chi connectivity index (χ0v) is 16.6. The molecular formula is C21H20ClN3O4. The molecule has 8 heteroatoms. The molecule has 1 N–H and O–H groups in total. The number of nitrogens with one attached hydrogen (secondary N) is 1. The Labute approximate surface area is 173 Å². The SMILES string of the molecule is Cn1nc(-c2ccc(Cl)cc2)cc1NC(=O)COC(=O)CCOc1ccccc1. The fourth-order valence-corrected chi connectivity index (χ4v) is 2.64. The molecule has 1 heterocycles. The number of hydrogen-bond acceptors (Lipinski definition) is 5. The van der Waals surface area contributed by atoms with E-state index in [1.165, 1.54) is 4.68 Å². The maximum absolute atomic E-state index is 12.1. The number of para-hydroxylation sites is 1. The molecule has 150 valence electrons. The molecule has 0 bridgehead atoms. The highest BCUT2D eigenvalue weighted by molar-refractivity contribution is 6.30. The Morgan fingerprint density at radius 1 is 1.10 bits per heavy atom. The van der Waals surface area contributed by atoms with Crippen LogP contribution in [-0.2, 0) is 21.4 Å². The summed E-state index contributed by atoms with van der Waals surface area (Å²) in [6, 6.07) is 18.1. The predicted molar refractivity (Wildman–Crippen MR) is 110 cm³/mol. The van der Waals surface area contributed by atoms with Gasteiger partial charge >= 0.3 is 5.97 Å². The first kappa shape index (κ1) is 20.4. The Kier molecular flexibility index (Phi) is 6.86. The van der Waals surface area contributed by atoms with Gasteiger partial charge in [-0.25, -0.2) is 0 Å². The van der Waals surface area contributed by atoms with E-state index in [2.05, 4.69) is 10.4 Å². The highest BCUT2D eigenvalue weighted by atomic mass is 35.5. The normalized spacial score (nSPS) is 10.4. The van der Waals surface area contributed by atoms with Crippen LogP contribution >= 0.6 is 11.6 Å². The van der Waals surface area contributed by atoms with Gasteiger partial charge in [0, 0.05) is 23.7 Å². The first-order valence-corrected chi connectivity index (χ1v) is 9.32. The van der Waals surface area contributed by atoms with Crippen molar-refractivity contribution in [1.29, 1.82) is 0 Å². The number of esters is 1. The summed E-state index contributed by atoms with van der Waals surface area (Å²) < 4.78 is 11.9. The summed E-state index contributed by atoms with van der Waals surface area (Å²) in [5, 5.41) is 7.67. The van der Waals surface area contributed by atoms with Crippen LogP contribution in [0.4, 0.5) is 5.82 Å². The van der Waals surface area contributed by atoms with Crippen molar-refractivity contribution in [3.8, 4) is 17.0 Å². The first-order valence-electron chi connectivity index (χ1n) is 8.94. The van der Waals surface area contributed by atoms with Crippen LogP contribution in [0.1, 0.15) is 6.42 Å². The third-order valence-corrected chi connectivity index (χ3v) is 4.22. The van der Waals surface area contributed by atoms with Crippen molar-refractivity contribution in [2.24, 2.45) is 7.05 Å². The number of aromatic nitrogens is 2. The molecule has 0 aliphatic heterocycles. The van der Waals surface area contributed by atoms with Crippen molar-refractivity contribution in [3.63, 3.8) is 0 Å². The number of carbonyl (C=O) groups excluding carboxylic acids is 2. The van der Waals surface area contributed by atoms with Gasteiger partial charge in [0.15, 0.2) is 6.61 Å². The van der Waals surface area contributed by atoms with Crippen LogP contribution in [0.5, 0.6) is 5.75 Å². The summed E-state index contributed by atoms with van der Waals surface area (Å²) in [4.78, 5) is 23.8. The highest BCUT2D eigenvalue weighted by Crippen LogP contribution is 2.23. The number of benzene rings is 2. The summed E-state index contributed by atoms with van der Waals surface area (Å²) in [7, 11) is 1.71. The fourth-order valence-electron chi connectivity index (χ4n) is 2.51. The van der Waals surface area contributed by atoms with Crippen molar-refractivity contribution in [1.82, 2.24) is 9.78 Å². The Balaban J connectivity index is 1.44. The third kappa shape index (κ3) is 6.08. The van der Waals surface area contributed by atoms with Gasteiger partial charge in [-0.1, -0.05) is 41.9 Å². The second-order valence-electron chi connectivity index (χ2n) is 6.17. The molecule has 0 radical (unpaired) electrons. The summed E-state index contributed by atoms with van der Waals surface area (Å²) in [6.07, 6.45) is 0.0502. The molecule has 2 aromatic carbocycles. The highest BCUT2D eigenvalue weighted by Gasteiger charge is 2.12. The molecule has 3 rings (SSSR count). The van der Waals surface area contributed by atoms with E-state index < -0.39 is 11.9 Å². The van der Waals surface area contributed by atoms with E-state index in [0.29, 0.717) is 22.3 Å². The Bertz CT molecular complexity index is 971. The minimum atomic E-state index is -0.511. The zero-order valence-electron chi connectivity index (χ0n) is 15.8. The Morgan fingerprint density at radius 2 is 1.83 bits per heavy atom. The molecular weight excluding hydrogens is 394 g/mol. The number of halogens is 1. The number of nitrogens with zero attached hydrogens (tertiary/aromatic N) is 2. The molecule has 1 amide bonds. The van der Waals surface area contributed by atoms with Gasteiger partial charge in [-0.2, -0.15) is 5.10 Å². The smallest absolute Gasteiger partial charge is 0.309 e. The molecule has 1 aromatic heterocycles. The molecule has 7 nitrogen and oxygen atoms in total. The second kappa shape index (κ2) is 9.75. The van der Waals surface area contributed by atoms with Crippen LogP contribution in [0.15, 0.2) is 60.7 Å². The van der Waals surface area contributed by atoms with Crippen molar-refractivity contribution >= 4 is 29.3 Å². The zero-order chi connectivity index (χ0) is 20.6. The van der Waals surface area contributed by atoms with E-state index in [1.807, 2.05) is 30.3 Å². The van der Waals surface area contributed by atoms with Crippen LogP contribution in [0.25, 0.3) is 11.3 Å². The lowest BCUT2D eigenvalue weighted by atomic mass is 10.1. The lowest BCUT2D eigenvalue weighted by Crippen LogP contribution is -2.22. The van der Waals surface area contributed by atoms with Crippen LogP contribution in [-0.4, -0.2) is 34.9 Å². The van der Waals surface area contributed by atoms with Gasteiger partial charge in [0.25, 0.3) is 5.91 Å². The number of aryl methyl sites for hydroxylation is 1. The van der Waals surface area contributed by atoms with Gasteiger partial charge in [0.05, 0.1) is 18.7 Å². The van der Waals surface area contributed by atoms with Gasteiger partial charge in [-0.15, -0.1) is 0 Å². The molecule has 0 fully saturated rings. The molecule has 0 aliphatic rings. The van der Waals surface area contributed by atoms with Crippen LogP contribution in [0.2, 0.25) is 5.02 Å². The standard InChI is InChI=1S/C21H20ClN3O4/c1-25-19(13-18(24-25)15-7-9-16(22)10-8-15)23-20(26)14-29-21(27)11-12-28-17-5-3-2-4-6-17/h2-10,13H,11-12,14H2,1H3,(H,23,26). The van der Waals surface area contributed by atoms with Crippen molar-refractivity contribution in [2.45, 2.75) is 6.42 Å². The van der Waals surface area contributed by atoms with E-state index in [1.54, 1.807) is 37.4 Å². The lowest BCUT2D eigenvalue weighted by Gasteiger charge is -2.07. The average molecular weight is 414 g/mol. The third-order valence-electron chi connectivity index (χ3n) is 3.97. The van der Waals surface area contributed by atoms with Crippen LogP contribution < -0.4 is 10.1 Å². The molecule has 29 heavy (non-hydrogen) atoms. The van der Waals surface area contributed by atoms with E-state index in [0.717, 1.165) is 5.56 Å². The van der Waals surface area contributed by atoms with Crippen molar-refractivity contribution < 1.29 is 19.1 Å². The first-order chi connectivity index (χ1) is 14.0. The largest absolute Gasteiger partial charge is 0.493 e. The van der Waals surface area contributed by atoms with E-state index in [9.17, 15) is 9.59 Å². The summed E-state index contributed by atoms with van der Waals surface area (Å²) in [5.41, 5.74) is 1.56. The van der Waals surface area contributed by atoms with Gasteiger partial charge in [0.2, 0.25) is 0 Å². The van der Waals surface area contributed by atoms with E-state index in [4.69, 9.17) is 21.1 Å². The molecule has 0 saturated carbocycles. The topological polar surface area (TPSA) is 82.5 Å². The minimum Gasteiger partial charge on any atom is -0.493 e. The number of amides is 1. The van der Waals surface area contributed by atoms with Crippen LogP contribution in [0.3, 0.4) is 0 Å². The van der Waals surface area contributed by atoms with Gasteiger partial charge in [0.1, 0.15) is 11.6 Å². The molecule has 0 unspecified atom stereocenters. The van der Waals surface area contributed by atoms with Gasteiger partial charge in [-0.05, 0) is 24.3 Å². The molecule has 0 saturated heterocycles. The summed E-state index contributed by atoms with van der Waals surface area (Å²) in [6.45, 7) is -0.206. The van der Waals surface area contributed by atoms with E-state index in [-0.39, 0.29) is 19.6 Å². The molecule has 3 aromatic rings. The number of hydrogen-bond donors (Lipinski definition) is 1. The number of carbonyl (C=O) groups is 2. The quantitative estimate of drug-likeness (QED) is 0.569.